The van der Waals surface area contributed by atoms with Crippen LogP contribution < -0.4 is 0 Å². The highest BCUT2D eigenvalue weighted by atomic mass is 79.9. The normalized spacial score (nSPS) is 10.8. The molecule has 2 rings (SSSR count). The van der Waals surface area contributed by atoms with E-state index in [1.54, 1.807) is 36.4 Å². The lowest BCUT2D eigenvalue weighted by Gasteiger charge is -2.01. The van der Waals surface area contributed by atoms with Crippen LogP contribution in [0, 0.1) is 10.1 Å². The molecule has 0 amide bonds. The van der Waals surface area contributed by atoms with E-state index in [0.717, 1.165) is 4.47 Å². The van der Waals surface area contributed by atoms with E-state index < -0.39 is 4.92 Å². The highest BCUT2D eigenvalue weighted by Crippen LogP contribution is 2.22. The molecule has 0 unspecified atom stereocenters. The molecule has 2 aromatic carbocycles. The van der Waals surface area contributed by atoms with Crippen molar-refractivity contribution in [1.82, 2.24) is 0 Å². The van der Waals surface area contributed by atoms with Gasteiger partial charge in [-0.1, -0.05) is 53.2 Å². The van der Waals surface area contributed by atoms with Crippen LogP contribution in [0.1, 0.15) is 28.4 Å². The average molecular weight is 360 g/mol. The number of carbonyl (C=O) groups excluding carboxylic acids is 1. The summed E-state index contributed by atoms with van der Waals surface area (Å²) in [6.45, 7) is 1.87. The van der Waals surface area contributed by atoms with Gasteiger partial charge in [-0.05, 0) is 30.2 Å². The Labute approximate surface area is 136 Å². The Hall–Kier alpha value is -2.27. The van der Waals surface area contributed by atoms with Gasteiger partial charge in [0.2, 0.25) is 0 Å². The first-order valence-corrected chi connectivity index (χ1v) is 7.56. The van der Waals surface area contributed by atoms with Gasteiger partial charge in [-0.2, -0.15) is 0 Å². The molecule has 0 aliphatic carbocycles. The summed E-state index contributed by atoms with van der Waals surface area (Å²) in [5.74, 6) is -0.150. The standard InChI is InChI=1S/C17H14BrNO3/c1-2-13-8-6-12(10-16(13)19(21)22)7-9-17(20)14-4-3-5-15(18)11-14/h3-11H,2H2,1H3/b9-7+. The van der Waals surface area contributed by atoms with E-state index in [0.29, 0.717) is 23.1 Å². The summed E-state index contributed by atoms with van der Waals surface area (Å²) < 4.78 is 0.828. The van der Waals surface area contributed by atoms with Gasteiger partial charge in [0.1, 0.15) is 0 Å². The van der Waals surface area contributed by atoms with Gasteiger partial charge in [0.15, 0.2) is 5.78 Å². The first-order valence-electron chi connectivity index (χ1n) is 6.76. The summed E-state index contributed by atoms with van der Waals surface area (Å²) in [5, 5.41) is 11.0. The number of halogens is 1. The Balaban J connectivity index is 2.25. The molecule has 0 spiro atoms. The lowest BCUT2D eigenvalue weighted by Crippen LogP contribution is -1.96. The fourth-order valence-corrected chi connectivity index (χ4v) is 2.46. The lowest BCUT2D eigenvalue weighted by atomic mass is 10.1. The van der Waals surface area contributed by atoms with Crippen molar-refractivity contribution in [3.63, 3.8) is 0 Å². The van der Waals surface area contributed by atoms with E-state index in [4.69, 9.17) is 0 Å². The SMILES string of the molecule is CCc1ccc(/C=C/C(=O)c2cccc(Br)c2)cc1[N+](=O)[O-]. The predicted octanol–water partition coefficient (Wildman–Crippen LogP) is 4.82. The molecule has 0 saturated carbocycles. The van der Waals surface area contributed by atoms with Crippen LogP contribution in [-0.2, 0) is 6.42 Å². The Morgan fingerprint density at radius 3 is 2.68 bits per heavy atom. The van der Waals surface area contributed by atoms with E-state index in [1.807, 2.05) is 13.0 Å². The van der Waals surface area contributed by atoms with Gasteiger partial charge in [0.25, 0.3) is 5.69 Å². The molecular weight excluding hydrogens is 346 g/mol. The third-order valence-electron chi connectivity index (χ3n) is 3.22. The van der Waals surface area contributed by atoms with Crippen LogP contribution in [0.3, 0.4) is 0 Å². The number of hydrogen-bond acceptors (Lipinski definition) is 3. The van der Waals surface area contributed by atoms with E-state index in [1.165, 1.54) is 12.1 Å². The number of nitro benzene ring substituents is 1. The van der Waals surface area contributed by atoms with E-state index in [2.05, 4.69) is 15.9 Å². The topological polar surface area (TPSA) is 60.2 Å². The van der Waals surface area contributed by atoms with Crippen LogP contribution in [0.4, 0.5) is 5.69 Å². The van der Waals surface area contributed by atoms with Crippen molar-refractivity contribution in [3.8, 4) is 0 Å². The van der Waals surface area contributed by atoms with E-state index in [-0.39, 0.29) is 11.5 Å². The number of nitrogens with zero attached hydrogens (tertiary/aromatic N) is 1. The van der Waals surface area contributed by atoms with Crippen LogP contribution in [0.5, 0.6) is 0 Å². The number of allylic oxidation sites excluding steroid dienone is 1. The van der Waals surface area contributed by atoms with Crippen LogP contribution >= 0.6 is 15.9 Å². The maximum absolute atomic E-state index is 12.1. The molecule has 5 heteroatoms. The largest absolute Gasteiger partial charge is 0.289 e. The predicted molar refractivity (Wildman–Crippen MR) is 90.0 cm³/mol. The lowest BCUT2D eigenvalue weighted by molar-refractivity contribution is -0.385. The number of carbonyl (C=O) groups is 1. The Morgan fingerprint density at radius 1 is 1.27 bits per heavy atom. The zero-order chi connectivity index (χ0) is 16.1. The molecule has 0 heterocycles. The van der Waals surface area contributed by atoms with Gasteiger partial charge in [-0.25, -0.2) is 0 Å². The second-order valence-electron chi connectivity index (χ2n) is 4.71. The third-order valence-corrected chi connectivity index (χ3v) is 3.72. The molecule has 22 heavy (non-hydrogen) atoms. The zero-order valence-corrected chi connectivity index (χ0v) is 13.5. The summed E-state index contributed by atoms with van der Waals surface area (Å²) in [6.07, 6.45) is 3.61. The van der Waals surface area contributed by atoms with Crippen LogP contribution in [0.15, 0.2) is 53.0 Å². The minimum atomic E-state index is -0.397. The molecule has 2 aromatic rings. The molecular formula is C17H14BrNO3. The molecule has 0 aliphatic rings. The van der Waals surface area contributed by atoms with Crippen molar-refractivity contribution in [1.29, 1.82) is 0 Å². The first kappa shape index (κ1) is 16.1. The molecule has 0 fully saturated rings. The third kappa shape index (κ3) is 3.89. The molecule has 0 radical (unpaired) electrons. The van der Waals surface area contributed by atoms with Gasteiger partial charge in [-0.15, -0.1) is 0 Å². The van der Waals surface area contributed by atoms with Crippen molar-refractivity contribution in [3.05, 3.63) is 79.8 Å². The highest BCUT2D eigenvalue weighted by Gasteiger charge is 2.12. The van der Waals surface area contributed by atoms with Crippen molar-refractivity contribution in [2.75, 3.05) is 0 Å². The number of nitro groups is 1. The van der Waals surface area contributed by atoms with Gasteiger partial charge in [-0.3, -0.25) is 14.9 Å². The second-order valence-corrected chi connectivity index (χ2v) is 5.62. The summed E-state index contributed by atoms with van der Waals surface area (Å²) in [6, 6.07) is 12.1. The van der Waals surface area contributed by atoms with E-state index >= 15 is 0 Å². The van der Waals surface area contributed by atoms with Crippen molar-refractivity contribution in [2.45, 2.75) is 13.3 Å². The van der Waals surface area contributed by atoms with Crippen LogP contribution in [0.2, 0.25) is 0 Å². The summed E-state index contributed by atoms with van der Waals surface area (Å²) in [7, 11) is 0. The summed E-state index contributed by atoms with van der Waals surface area (Å²) in [4.78, 5) is 22.7. The van der Waals surface area contributed by atoms with Gasteiger partial charge < -0.3 is 0 Å². The van der Waals surface area contributed by atoms with Gasteiger partial charge in [0, 0.05) is 21.7 Å². The Kier molecular flexibility index (Phi) is 5.22. The van der Waals surface area contributed by atoms with Crippen molar-refractivity contribution >= 4 is 33.5 Å². The number of hydrogen-bond donors (Lipinski definition) is 0. The fraction of sp³-hybridized carbons (Fsp3) is 0.118. The molecule has 0 N–H and O–H groups in total. The van der Waals surface area contributed by atoms with Crippen molar-refractivity contribution < 1.29 is 9.72 Å². The minimum absolute atomic E-state index is 0.0829. The molecule has 4 nitrogen and oxygen atoms in total. The number of rotatable bonds is 5. The molecule has 112 valence electrons. The molecule has 0 saturated heterocycles. The van der Waals surface area contributed by atoms with Crippen LogP contribution in [-0.4, -0.2) is 10.7 Å². The Morgan fingerprint density at radius 2 is 2.05 bits per heavy atom. The maximum atomic E-state index is 12.1. The summed E-state index contributed by atoms with van der Waals surface area (Å²) >= 11 is 3.32. The fourth-order valence-electron chi connectivity index (χ4n) is 2.06. The summed E-state index contributed by atoms with van der Waals surface area (Å²) in [5.41, 5.74) is 1.96. The second kappa shape index (κ2) is 7.13. The quantitative estimate of drug-likeness (QED) is 0.333. The maximum Gasteiger partial charge on any atom is 0.273 e. The van der Waals surface area contributed by atoms with E-state index in [9.17, 15) is 14.9 Å². The molecule has 0 bridgehead atoms. The number of ketones is 1. The highest BCUT2D eigenvalue weighted by molar-refractivity contribution is 9.10. The molecule has 0 aromatic heterocycles. The van der Waals surface area contributed by atoms with Gasteiger partial charge >= 0.3 is 0 Å². The smallest absolute Gasteiger partial charge is 0.273 e. The minimum Gasteiger partial charge on any atom is -0.289 e. The first-order chi connectivity index (χ1) is 10.5. The number of benzene rings is 2. The van der Waals surface area contributed by atoms with Gasteiger partial charge in [0.05, 0.1) is 4.92 Å². The Bertz CT molecular complexity index is 753. The number of aryl methyl sites for hydroxylation is 1. The monoisotopic (exact) mass is 359 g/mol. The molecule has 0 atom stereocenters. The van der Waals surface area contributed by atoms with Crippen molar-refractivity contribution in [2.24, 2.45) is 0 Å². The average Bonchev–Trinajstić information content (AvgIpc) is 2.52. The zero-order valence-electron chi connectivity index (χ0n) is 12.0. The molecule has 0 aliphatic heterocycles. The van der Waals surface area contributed by atoms with Crippen LogP contribution in [0.25, 0.3) is 6.08 Å².